The molecular formula is C14H20N6O. The Kier molecular flexibility index (Phi) is 4.32. The minimum atomic E-state index is -0.344. The van der Waals surface area contributed by atoms with Crippen molar-refractivity contribution in [2.75, 3.05) is 5.32 Å². The molecule has 7 nitrogen and oxygen atoms in total. The van der Waals surface area contributed by atoms with Gasteiger partial charge in [0.25, 0.3) is 0 Å². The highest BCUT2D eigenvalue weighted by Crippen LogP contribution is 2.20. The summed E-state index contributed by atoms with van der Waals surface area (Å²) in [6.07, 6.45) is 1.02. The zero-order valence-corrected chi connectivity index (χ0v) is 12.5. The summed E-state index contributed by atoms with van der Waals surface area (Å²) < 4.78 is 1.58. The van der Waals surface area contributed by atoms with E-state index in [0.29, 0.717) is 18.7 Å². The molecule has 1 heterocycles. The highest BCUT2D eigenvalue weighted by molar-refractivity contribution is 5.91. The average molecular weight is 288 g/mol. The Morgan fingerprint density at radius 1 is 1.43 bits per heavy atom. The zero-order valence-electron chi connectivity index (χ0n) is 12.5. The summed E-state index contributed by atoms with van der Waals surface area (Å²) in [7, 11) is 1.77. The molecule has 0 aliphatic rings. The van der Waals surface area contributed by atoms with Gasteiger partial charge < -0.3 is 11.1 Å². The van der Waals surface area contributed by atoms with Gasteiger partial charge in [-0.15, -0.1) is 5.10 Å². The van der Waals surface area contributed by atoms with Crippen molar-refractivity contribution in [3.8, 4) is 11.4 Å². The molecule has 1 aromatic carbocycles. The van der Waals surface area contributed by atoms with Crippen molar-refractivity contribution in [2.45, 2.75) is 32.2 Å². The van der Waals surface area contributed by atoms with Crippen LogP contribution < -0.4 is 11.1 Å². The molecule has 0 atom stereocenters. The predicted octanol–water partition coefficient (Wildman–Crippen LogP) is 1.33. The van der Waals surface area contributed by atoms with Gasteiger partial charge in [-0.25, -0.2) is 4.68 Å². The number of carbonyl (C=O) groups excluding carboxylic acids is 1. The maximum atomic E-state index is 11.9. The van der Waals surface area contributed by atoms with Crippen molar-refractivity contribution < 1.29 is 4.79 Å². The van der Waals surface area contributed by atoms with Gasteiger partial charge in [0.2, 0.25) is 5.91 Å². The Hall–Kier alpha value is -2.28. The quantitative estimate of drug-likeness (QED) is 0.865. The first-order chi connectivity index (χ1) is 9.85. The third-order valence-corrected chi connectivity index (χ3v) is 3.02. The standard InChI is InChI=1S/C14H20N6O/c1-14(2,15)8-7-12(21)16-11-6-4-5-10(9-11)13-17-18-19-20(13)3/h4-6,9H,7-8,15H2,1-3H3,(H,16,21). The number of amides is 1. The first kappa shape index (κ1) is 15.1. The zero-order chi connectivity index (χ0) is 15.5. The number of benzene rings is 1. The molecule has 0 saturated heterocycles. The lowest BCUT2D eigenvalue weighted by atomic mass is 10.00. The lowest BCUT2D eigenvalue weighted by Gasteiger charge is -2.17. The Balaban J connectivity index is 2.05. The number of rotatable bonds is 5. The lowest BCUT2D eigenvalue weighted by Crippen LogP contribution is -2.33. The van der Waals surface area contributed by atoms with Gasteiger partial charge in [-0.05, 0) is 42.8 Å². The number of tetrazole rings is 1. The molecule has 2 rings (SSSR count). The molecule has 0 fully saturated rings. The number of aromatic nitrogens is 4. The summed E-state index contributed by atoms with van der Waals surface area (Å²) in [4.78, 5) is 11.9. The van der Waals surface area contributed by atoms with Crippen LogP contribution in [0.5, 0.6) is 0 Å². The summed E-state index contributed by atoms with van der Waals surface area (Å²) >= 11 is 0. The van der Waals surface area contributed by atoms with E-state index in [9.17, 15) is 4.79 Å². The maximum absolute atomic E-state index is 11.9. The molecule has 3 N–H and O–H groups in total. The maximum Gasteiger partial charge on any atom is 0.224 e. The van der Waals surface area contributed by atoms with E-state index >= 15 is 0 Å². The number of nitrogens with two attached hydrogens (primary N) is 1. The van der Waals surface area contributed by atoms with Gasteiger partial charge >= 0.3 is 0 Å². The predicted molar refractivity (Wildman–Crippen MR) is 80.4 cm³/mol. The SMILES string of the molecule is Cn1nnnc1-c1cccc(NC(=O)CCC(C)(C)N)c1. The lowest BCUT2D eigenvalue weighted by molar-refractivity contribution is -0.116. The number of nitrogens with zero attached hydrogens (tertiary/aromatic N) is 4. The van der Waals surface area contributed by atoms with Crippen LogP contribution in [-0.4, -0.2) is 31.7 Å². The molecule has 2 aromatic rings. The molecule has 1 aromatic heterocycles. The fourth-order valence-electron chi connectivity index (χ4n) is 1.87. The normalized spacial score (nSPS) is 11.4. The number of nitrogens with one attached hydrogen (secondary N) is 1. The molecule has 0 bridgehead atoms. The number of aryl methyl sites for hydroxylation is 1. The fourth-order valence-corrected chi connectivity index (χ4v) is 1.87. The van der Waals surface area contributed by atoms with E-state index in [4.69, 9.17) is 5.73 Å². The van der Waals surface area contributed by atoms with E-state index in [1.54, 1.807) is 11.7 Å². The Morgan fingerprint density at radius 2 is 2.19 bits per heavy atom. The second kappa shape index (κ2) is 6.01. The monoisotopic (exact) mass is 288 g/mol. The number of carbonyl (C=O) groups is 1. The number of hydrogen-bond acceptors (Lipinski definition) is 5. The average Bonchev–Trinajstić information content (AvgIpc) is 2.82. The van der Waals surface area contributed by atoms with Crippen LogP contribution in [0.2, 0.25) is 0 Å². The van der Waals surface area contributed by atoms with E-state index in [2.05, 4.69) is 20.8 Å². The van der Waals surface area contributed by atoms with Crippen LogP contribution >= 0.6 is 0 Å². The van der Waals surface area contributed by atoms with Crippen molar-refractivity contribution in [1.29, 1.82) is 0 Å². The molecular weight excluding hydrogens is 268 g/mol. The summed E-state index contributed by atoms with van der Waals surface area (Å²) in [5.41, 5.74) is 7.10. The molecule has 0 saturated carbocycles. The Labute approximate surface area is 123 Å². The Morgan fingerprint density at radius 3 is 2.81 bits per heavy atom. The van der Waals surface area contributed by atoms with Gasteiger partial charge in [-0.2, -0.15) is 0 Å². The van der Waals surface area contributed by atoms with Crippen LogP contribution in [0.15, 0.2) is 24.3 Å². The van der Waals surface area contributed by atoms with Gasteiger partial charge in [0, 0.05) is 30.3 Å². The van der Waals surface area contributed by atoms with Crippen LogP contribution in [0.4, 0.5) is 5.69 Å². The van der Waals surface area contributed by atoms with Gasteiger partial charge in [-0.1, -0.05) is 12.1 Å². The van der Waals surface area contributed by atoms with Crippen LogP contribution in [0.3, 0.4) is 0 Å². The summed E-state index contributed by atoms with van der Waals surface area (Å²) in [6, 6.07) is 7.42. The van der Waals surface area contributed by atoms with Crippen LogP contribution in [0.1, 0.15) is 26.7 Å². The molecule has 0 aliphatic carbocycles. The second-order valence-corrected chi connectivity index (χ2v) is 5.74. The number of anilines is 1. The molecule has 0 aliphatic heterocycles. The van der Waals surface area contributed by atoms with E-state index in [1.807, 2.05) is 38.1 Å². The Bertz CT molecular complexity index is 628. The topological polar surface area (TPSA) is 98.7 Å². The molecule has 0 radical (unpaired) electrons. The highest BCUT2D eigenvalue weighted by atomic mass is 16.1. The molecule has 1 amide bonds. The van der Waals surface area contributed by atoms with Crippen LogP contribution in [0.25, 0.3) is 11.4 Å². The van der Waals surface area contributed by atoms with E-state index in [0.717, 1.165) is 11.3 Å². The van der Waals surface area contributed by atoms with E-state index < -0.39 is 0 Å². The largest absolute Gasteiger partial charge is 0.326 e. The van der Waals surface area contributed by atoms with Crippen molar-refractivity contribution in [3.63, 3.8) is 0 Å². The van der Waals surface area contributed by atoms with Crippen LogP contribution in [-0.2, 0) is 11.8 Å². The van der Waals surface area contributed by atoms with Crippen molar-refractivity contribution in [3.05, 3.63) is 24.3 Å². The first-order valence-corrected chi connectivity index (χ1v) is 6.77. The minimum Gasteiger partial charge on any atom is -0.326 e. The first-order valence-electron chi connectivity index (χ1n) is 6.77. The van der Waals surface area contributed by atoms with Gasteiger partial charge in [0.05, 0.1) is 0 Å². The van der Waals surface area contributed by atoms with E-state index in [1.165, 1.54) is 0 Å². The molecule has 21 heavy (non-hydrogen) atoms. The molecule has 112 valence electrons. The van der Waals surface area contributed by atoms with Crippen molar-refractivity contribution >= 4 is 11.6 Å². The van der Waals surface area contributed by atoms with E-state index in [-0.39, 0.29) is 11.4 Å². The van der Waals surface area contributed by atoms with Crippen LogP contribution in [0, 0.1) is 0 Å². The number of hydrogen-bond donors (Lipinski definition) is 2. The second-order valence-electron chi connectivity index (χ2n) is 5.74. The summed E-state index contributed by atoms with van der Waals surface area (Å²) in [5.74, 6) is 0.593. The smallest absolute Gasteiger partial charge is 0.224 e. The third-order valence-electron chi connectivity index (χ3n) is 3.02. The minimum absolute atomic E-state index is 0.0539. The van der Waals surface area contributed by atoms with Gasteiger partial charge in [-0.3, -0.25) is 4.79 Å². The van der Waals surface area contributed by atoms with Gasteiger partial charge in [0.15, 0.2) is 5.82 Å². The summed E-state index contributed by atoms with van der Waals surface area (Å²) in [6.45, 7) is 3.81. The van der Waals surface area contributed by atoms with Gasteiger partial charge in [0.1, 0.15) is 0 Å². The molecule has 7 heteroatoms. The third kappa shape index (κ3) is 4.35. The van der Waals surface area contributed by atoms with Crippen molar-refractivity contribution in [1.82, 2.24) is 20.2 Å². The molecule has 0 spiro atoms. The fraction of sp³-hybridized carbons (Fsp3) is 0.429. The van der Waals surface area contributed by atoms with Crippen molar-refractivity contribution in [2.24, 2.45) is 12.8 Å². The summed E-state index contributed by atoms with van der Waals surface area (Å²) in [5, 5.41) is 14.2. The highest BCUT2D eigenvalue weighted by Gasteiger charge is 2.13. The molecule has 0 unspecified atom stereocenters.